The van der Waals surface area contributed by atoms with Crippen molar-refractivity contribution in [3.8, 4) is 0 Å². The number of carbonyl (C=O) groups is 1. The average molecular weight is 312 g/mol. The molecule has 1 aliphatic heterocycles. The summed E-state index contributed by atoms with van der Waals surface area (Å²) >= 11 is 0. The van der Waals surface area contributed by atoms with E-state index in [9.17, 15) is 4.79 Å². The minimum absolute atomic E-state index is 0.223. The summed E-state index contributed by atoms with van der Waals surface area (Å²) in [5.41, 5.74) is 1.28. The van der Waals surface area contributed by atoms with Crippen molar-refractivity contribution in [1.29, 1.82) is 0 Å². The maximum Gasteiger partial charge on any atom is 0.223 e. The highest BCUT2D eigenvalue weighted by atomic mass is 16.2. The summed E-state index contributed by atoms with van der Waals surface area (Å²) < 4.78 is 0. The second kappa shape index (κ2) is 6.27. The first-order valence-electron chi connectivity index (χ1n) is 9.23. The number of nitrogens with zero attached hydrogens (tertiary/aromatic N) is 2. The Morgan fingerprint density at radius 1 is 1.13 bits per heavy atom. The van der Waals surface area contributed by atoms with Gasteiger partial charge in [-0.15, -0.1) is 0 Å². The van der Waals surface area contributed by atoms with Gasteiger partial charge in [0.15, 0.2) is 0 Å². The van der Waals surface area contributed by atoms with Crippen molar-refractivity contribution in [3.05, 3.63) is 35.9 Å². The molecule has 1 aromatic rings. The van der Waals surface area contributed by atoms with Crippen molar-refractivity contribution in [2.45, 2.75) is 38.1 Å². The summed E-state index contributed by atoms with van der Waals surface area (Å²) in [6, 6.07) is 10.8. The molecular weight excluding hydrogens is 284 g/mol. The lowest BCUT2D eigenvalue weighted by Crippen LogP contribution is -2.49. The Balaban J connectivity index is 1.47. The number of hydrogen-bond donors (Lipinski definition) is 0. The molecule has 0 aromatic heterocycles. The van der Waals surface area contributed by atoms with Crippen LogP contribution < -0.4 is 0 Å². The molecule has 4 atom stereocenters. The number of benzene rings is 1. The summed E-state index contributed by atoms with van der Waals surface area (Å²) in [4.78, 5) is 17.5. The monoisotopic (exact) mass is 312 g/mol. The first-order valence-corrected chi connectivity index (χ1v) is 9.23. The molecular formula is C20H28N2O. The molecule has 3 heteroatoms. The molecule has 2 saturated carbocycles. The van der Waals surface area contributed by atoms with E-state index in [0.717, 1.165) is 37.9 Å². The highest BCUT2D eigenvalue weighted by Gasteiger charge is 2.41. The van der Waals surface area contributed by atoms with Gasteiger partial charge in [0.05, 0.1) is 6.04 Å². The molecule has 0 spiro atoms. The van der Waals surface area contributed by atoms with Crippen molar-refractivity contribution in [2.75, 3.05) is 26.7 Å². The fourth-order valence-corrected chi connectivity index (χ4v) is 5.15. The van der Waals surface area contributed by atoms with Gasteiger partial charge in [0.1, 0.15) is 0 Å². The summed E-state index contributed by atoms with van der Waals surface area (Å²) in [6.07, 6.45) is 6.27. The number of hydrogen-bond acceptors (Lipinski definition) is 2. The van der Waals surface area contributed by atoms with E-state index in [4.69, 9.17) is 0 Å². The van der Waals surface area contributed by atoms with Crippen molar-refractivity contribution in [1.82, 2.24) is 9.80 Å². The third-order valence-corrected chi connectivity index (χ3v) is 6.41. The zero-order valence-corrected chi connectivity index (χ0v) is 14.2. The molecule has 1 amide bonds. The molecule has 1 heterocycles. The van der Waals surface area contributed by atoms with Gasteiger partial charge in [-0.2, -0.15) is 0 Å². The van der Waals surface area contributed by atoms with Crippen LogP contribution in [0.4, 0.5) is 0 Å². The van der Waals surface area contributed by atoms with Crippen LogP contribution >= 0.6 is 0 Å². The van der Waals surface area contributed by atoms with E-state index < -0.39 is 0 Å². The fraction of sp³-hybridized carbons (Fsp3) is 0.650. The van der Waals surface area contributed by atoms with Gasteiger partial charge >= 0.3 is 0 Å². The van der Waals surface area contributed by atoms with Gasteiger partial charge in [-0.25, -0.2) is 0 Å². The zero-order valence-electron chi connectivity index (χ0n) is 14.2. The third-order valence-electron chi connectivity index (χ3n) is 6.41. The highest BCUT2D eigenvalue weighted by molar-refractivity contribution is 5.77. The van der Waals surface area contributed by atoms with Gasteiger partial charge < -0.3 is 9.80 Å². The Hall–Kier alpha value is -1.35. The molecule has 0 N–H and O–H groups in total. The molecule has 2 aliphatic carbocycles. The summed E-state index contributed by atoms with van der Waals surface area (Å²) in [6.45, 7) is 2.81. The van der Waals surface area contributed by atoms with Crippen LogP contribution in [-0.4, -0.2) is 42.4 Å². The second-order valence-electron chi connectivity index (χ2n) is 7.91. The maximum atomic E-state index is 13.0. The maximum absolute atomic E-state index is 13.0. The number of fused-ring (bicyclic) bond motifs is 2. The predicted octanol–water partition coefficient (Wildman–Crippen LogP) is 3.33. The highest BCUT2D eigenvalue weighted by Crippen LogP contribution is 2.49. The van der Waals surface area contributed by atoms with Crippen LogP contribution in [0.15, 0.2) is 30.3 Å². The van der Waals surface area contributed by atoms with E-state index in [2.05, 4.69) is 47.2 Å². The molecule has 4 unspecified atom stereocenters. The Bertz CT molecular complexity index is 558. The zero-order chi connectivity index (χ0) is 15.8. The molecule has 1 aromatic carbocycles. The van der Waals surface area contributed by atoms with Gasteiger partial charge in [-0.3, -0.25) is 4.79 Å². The SMILES string of the molecule is CN1CCN(C(=O)CC2CC3CCC2C3)C(c2ccccc2)C1. The van der Waals surface area contributed by atoms with Crippen molar-refractivity contribution in [2.24, 2.45) is 17.8 Å². The standard InChI is InChI=1S/C20H28N2O/c1-21-9-10-22(19(14-21)16-5-3-2-4-6-16)20(23)13-18-12-15-7-8-17(18)11-15/h2-6,15,17-19H,7-14H2,1H3. The van der Waals surface area contributed by atoms with E-state index in [1.165, 1.54) is 31.2 Å². The van der Waals surface area contributed by atoms with Crippen LogP contribution in [0.2, 0.25) is 0 Å². The van der Waals surface area contributed by atoms with Gasteiger partial charge in [0, 0.05) is 26.1 Å². The van der Waals surface area contributed by atoms with Crippen molar-refractivity contribution in [3.63, 3.8) is 0 Å². The topological polar surface area (TPSA) is 23.6 Å². The molecule has 0 radical (unpaired) electrons. The van der Waals surface area contributed by atoms with Gasteiger partial charge in [-0.05, 0) is 49.6 Å². The molecule has 4 rings (SSSR count). The largest absolute Gasteiger partial charge is 0.333 e. The van der Waals surface area contributed by atoms with Crippen molar-refractivity contribution < 1.29 is 4.79 Å². The van der Waals surface area contributed by atoms with Crippen LogP contribution in [0.1, 0.15) is 43.7 Å². The number of piperazine rings is 1. The van der Waals surface area contributed by atoms with Gasteiger partial charge in [0.25, 0.3) is 0 Å². The number of likely N-dealkylation sites (N-methyl/N-ethyl adjacent to an activating group) is 1. The van der Waals surface area contributed by atoms with E-state index in [1.54, 1.807) is 0 Å². The van der Waals surface area contributed by atoms with E-state index >= 15 is 0 Å². The second-order valence-corrected chi connectivity index (χ2v) is 7.91. The molecule has 2 bridgehead atoms. The molecule has 1 saturated heterocycles. The molecule has 3 nitrogen and oxygen atoms in total. The predicted molar refractivity (Wildman–Crippen MR) is 91.9 cm³/mol. The van der Waals surface area contributed by atoms with E-state index in [-0.39, 0.29) is 6.04 Å². The minimum atomic E-state index is 0.223. The number of rotatable bonds is 3. The lowest BCUT2D eigenvalue weighted by Gasteiger charge is -2.41. The Morgan fingerprint density at radius 2 is 1.96 bits per heavy atom. The quantitative estimate of drug-likeness (QED) is 0.855. The van der Waals surface area contributed by atoms with Crippen LogP contribution in [0.5, 0.6) is 0 Å². The molecule has 23 heavy (non-hydrogen) atoms. The minimum Gasteiger partial charge on any atom is -0.333 e. The third kappa shape index (κ3) is 3.03. The van der Waals surface area contributed by atoms with E-state index in [1.807, 2.05) is 0 Å². The Morgan fingerprint density at radius 3 is 2.65 bits per heavy atom. The van der Waals surface area contributed by atoms with Crippen LogP contribution in [0, 0.1) is 17.8 Å². The van der Waals surface area contributed by atoms with Crippen molar-refractivity contribution >= 4 is 5.91 Å². The first kappa shape index (κ1) is 15.2. The fourth-order valence-electron chi connectivity index (χ4n) is 5.15. The van der Waals surface area contributed by atoms with E-state index in [0.29, 0.717) is 11.8 Å². The first-order chi connectivity index (χ1) is 11.2. The van der Waals surface area contributed by atoms with Gasteiger partial charge in [-0.1, -0.05) is 36.8 Å². The Labute approximate surface area is 139 Å². The lowest BCUT2D eigenvalue weighted by atomic mass is 9.86. The normalized spacial score (nSPS) is 34.0. The summed E-state index contributed by atoms with van der Waals surface area (Å²) in [7, 11) is 2.16. The molecule has 3 fully saturated rings. The lowest BCUT2D eigenvalue weighted by molar-refractivity contribution is -0.137. The summed E-state index contributed by atoms with van der Waals surface area (Å²) in [5.74, 6) is 2.82. The molecule has 124 valence electrons. The van der Waals surface area contributed by atoms with Crippen LogP contribution in [-0.2, 0) is 4.79 Å². The number of carbonyl (C=O) groups excluding carboxylic acids is 1. The van der Waals surface area contributed by atoms with Crippen LogP contribution in [0.25, 0.3) is 0 Å². The Kier molecular flexibility index (Phi) is 4.14. The molecule has 3 aliphatic rings. The average Bonchev–Trinajstić information content (AvgIpc) is 3.18. The smallest absolute Gasteiger partial charge is 0.223 e. The number of amides is 1. The van der Waals surface area contributed by atoms with Crippen LogP contribution in [0.3, 0.4) is 0 Å². The summed E-state index contributed by atoms with van der Waals surface area (Å²) in [5, 5.41) is 0. The van der Waals surface area contributed by atoms with Gasteiger partial charge in [0.2, 0.25) is 5.91 Å².